The molecule has 20 heavy (non-hydrogen) atoms. The number of phenolic OH excluding ortho intramolecular Hbond substituents is 1. The summed E-state index contributed by atoms with van der Waals surface area (Å²) in [6, 6.07) is 4.52. The molecular weight excluding hydrogens is 262 g/mol. The predicted molar refractivity (Wildman–Crippen MR) is 72.0 cm³/mol. The Morgan fingerprint density at radius 1 is 1.50 bits per heavy atom. The number of rotatable bonds is 3. The average Bonchev–Trinajstić information content (AvgIpc) is 2.46. The van der Waals surface area contributed by atoms with E-state index in [1.54, 1.807) is 11.0 Å². The zero-order valence-electron chi connectivity index (χ0n) is 11.6. The highest BCUT2D eigenvalue weighted by molar-refractivity contribution is 5.97. The molecule has 1 amide bonds. The molecule has 0 radical (unpaired) electrons. The van der Waals surface area contributed by atoms with Crippen molar-refractivity contribution >= 4 is 5.91 Å². The third-order valence-electron chi connectivity index (χ3n) is 3.25. The summed E-state index contributed by atoms with van der Waals surface area (Å²) in [4.78, 5) is 14.0. The maximum absolute atomic E-state index is 12.5. The Hall–Kier alpha value is -1.79. The van der Waals surface area contributed by atoms with Crippen LogP contribution in [0.3, 0.4) is 0 Å². The van der Waals surface area contributed by atoms with Gasteiger partial charge in [-0.2, -0.15) is 0 Å². The van der Waals surface area contributed by atoms with E-state index in [2.05, 4.69) is 0 Å². The highest BCUT2D eigenvalue weighted by atomic mass is 16.5. The smallest absolute Gasteiger partial charge is 0.257 e. The number of amides is 1. The highest BCUT2D eigenvalue weighted by Crippen LogP contribution is 2.25. The number of nitrogens with zero attached hydrogens (tertiary/aromatic N) is 1. The maximum atomic E-state index is 12.5. The first-order chi connectivity index (χ1) is 9.55. The van der Waals surface area contributed by atoms with E-state index in [9.17, 15) is 15.0 Å². The molecule has 1 aliphatic heterocycles. The molecule has 6 heteroatoms. The monoisotopic (exact) mass is 281 g/mol. The van der Waals surface area contributed by atoms with Gasteiger partial charge in [0.25, 0.3) is 5.91 Å². The highest BCUT2D eigenvalue weighted by Gasteiger charge is 2.29. The van der Waals surface area contributed by atoms with Gasteiger partial charge in [-0.15, -0.1) is 0 Å². The van der Waals surface area contributed by atoms with E-state index in [1.165, 1.54) is 19.2 Å². The van der Waals surface area contributed by atoms with Crippen LogP contribution in [0.4, 0.5) is 0 Å². The number of morpholine rings is 1. The van der Waals surface area contributed by atoms with Crippen LogP contribution in [0.1, 0.15) is 17.3 Å². The summed E-state index contributed by atoms with van der Waals surface area (Å²) in [5, 5.41) is 19.0. The van der Waals surface area contributed by atoms with Gasteiger partial charge < -0.3 is 24.6 Å². The van der Waals surface area contributed by atoms with Crippen molar-refractivity contribution in [3.63, 3.8) is 0 Å². The molecule has 1 aliphatic rings. The quantitative estimate of drug-likeness (QED) is 0.849. The zero-order chi connectivity index (χ0) is 14.7. The molecule has 110 valence electrons. The van der Waals surface area contributed by atoms with Crippen molar-refractivity contribution in [1.82, 2.24) is 4.90 Å². The van der Waals surface area contributed by atoms with Gasteiger partial charge in [-0.3, -0.25) is 4.79 Å². The van der Waals surface area contributed by atoms with Crippen molar-refractivity contribution in [2.45, 2.75) is 19.1 Å². The van der Waals surface area contributed by atoms with Crippen molar-refractivity contribution in [3.05, 3.63) is 23.8 Å². The summed E-state index contributed by atoms with van der Waals surface area (Å²) >= 11 is 0. The SMILES string of the molecule is COc1ccc(O)c(C(=O)N2CC(C)OC(CO)C2)c1. The Morgan fingerprint density at radius 3 is 2.90 bits per heavy atom. The van der Waals surface area contributed by atoms with Gasteiger partial charge in [0, 0.05) is 13.1 Å². The molecule has 2 atom stereocenters. The molecule has 1 fully saturated rings. The van der Waals surface area contributed by atoms with E-state index in [0.717, 1.165) is 0 Å². The summed E-state index contributed by atoms with van der Waals surface area (Å²) in [6.45, 7) is 2.42. The number of carbonyl (C=O) groups excluding carboxylic acids is 1. The van der Waals surface area contributed by atoms with Crippen LogP contribution in [-0.4, -0.2) is 60.0 Å². The second kappa shape index (κ2) is 6.11. The van der Waals surface area contributed by atoms with Crippen LogP contribution in [0.2, 0.25) is 0 Å². The fraction of sp³-hybridized carbons (Fsp3) is 0.500. The molecule has 1 saturated heterocycles. The molecule has 2 unspecified atom stereocenters. The van der Waals surface area contributed by atoms with Gasteiger partial charge in [-0.25, -0.2) is 0 Å². The van der Waals surface area contributed by atoms with Crippen LogP contribution >= 0.6 is 0 Å². The number of aliphatic hydroxyl groups is 1. The Morgan fingerprint density at radius 2 is 2.25 bits per heavy atom. The Kier molecular flexibility index (Phi) is 4.46. The molecule has 1 aromatic carbocycles. The third kappa shape index (κ3) is 3.02. The molecule has 0 saturated carbocycles. The van der Waals surface area contributed by atoms with Gasteiger partial charge in [-0.05, 0) is 25.1 Å². The number of hydrogen-bond acceptors (Lipinski definition) is 5. The second-order valence-electron chi connectivity index (χ2n) is 4.84. The lowest BCUT2D eigenvalue weighted by Crippen LogP contribution is -2.50. The van der Waals surface area contributed by atoms with Crippen molar-refractivity contribution in [2.24, 2.45) is 0 Å². The number of ether oxygens (including phenoxy) is 2. The van der Waals surface area contributed by atoms with Crippen LogP contribution < -0.4 is 4.74 Å². The van der Waals surface area contributed by atoms with E-state index in [-0.39, 0.29) is 29.9 Å². The van der Waals surface area contributed by atoms with Gasteiger partial charge in [0.15, 0.2) is 0 Å². The molecule has 0 spiro atoms. The lowest BCUT2D eigenvalue weighted by molar-refractivity contribution is -0.0859. The van der Waals surface area contributed by atoms with Crippen molar-refractivity contribution in [2.75, 3.05) is 26.8 Å². The third-order valence-corrected chi connectivity index (χ3v) is 3.25. The van der Waals surface area contributed by atoms with E-state index in [4.69, 9.17) is 9.47 Å². The number of aliphatic hydroxyl groups excluding tert-OH is 1. The van der Waals surface area contributed by atoms with Crippen molar-refractivity contribution in [3.8, 4) is 11.5 Å². The number of aromatic hydroxyl groups is 1. The molecule has 2 rings (SSSR count). The molecule has 1 aromatic rings. The van der Waals surface area contributed by atoms with Crippen molar-refractivity contribution in [1.29, 1.82) is 0 Å². The molecular formula is C14H19NO5. The van der Waals surface area contributed by atoms with E-state index >= 15 is 0 Å². The summed E-state index contributed by atoms with van der Waals surface area (Å²) < 4.78 is 10.6. The Labute approximate surface area is 117 Å². The van der Waals surface area contributed by atoms with Gasteiger partial charge in [0.05, 0.1) is 31.5 Å². The first-order valence-electron chi connectivity index (χ1n) is 6.47. The molecule has 1 heterocycles. The number of benzene rings is 1. The van der Waals surface area contributed by atoms with Crippen LogP contribution in [0, 0.1) is 0 Å². The van der Waals surface area contributed by atoms with Crippen LogP contribution in [0.25, 0.3) is 0 Å². The summed E-state index contributed by atoms with van der Waals surface area (Å²) in [6.07, 6.45) is -0.548. The zero-order valence-corrected chi connectivity index (χ0v) is 11.6. The summed E-state index contributed by atoms with van der Waals surface area (Å²) in [5.74, 6) is 0.122. The van der Waals surface area contributed by atoms with E-state index in [1.807, 2.05) is 6.92 Å². The van der Waals surface area contributed by atoms with Crippen LogP contribution in [0.5, 0.6) is 11.5 Å². The van der Waals surface area contributed by atoms with Gasteiger partial charge >= 0.3 is 0 Å². The molecule has 6 nitrogen and oxygen atoms in total. The number of carbonyl (C=O) groups is 1. The maximum Gasteiger partial charge on any atom is 0.257 e. The first-order valence-corrected chi connectivity index (χ1v) is 6.47. The number of phenols is 1. The standard InChI is InChI=1S/C14H19NO5/c1-9-6-15(7-11(8-16)20-9)14(18)12-5-10(19-2)3-4-13(12)17/h3-5,9,11,16-17H,6-8H2,1-2H3. The molecule has 0 aromatic heterocycles. The number of methoxy groups -OCH3 is 1. The van der Waals surface area contributed by atoms with Gasteiger partial charge in [0.2, 0.25) is 0 Å². The average molecular weight is 281 g/mol. The molecule has 0 aliphatic carbocycles. The topological polar surface area (TPSA) is 79.2 Å². The van der Waals surface area contributed by atoms with Crippen LogP contribution in [0.15, 0.2) is 18.2 Å². The second-order valence-corrected chi connectivity index (χ2v) is 4.84. The minimum atomic E-state index is -0.393. The lowest BCUT2D eigenvalue weighted by atomic mass is 10.1. The normalized spacial score (nSPS) is 22.6. The van der Waals surface area contributed by atoms with E-state index < -0.39 is 6.10 Å². The number of hydrogen-bond donors (Lipinski definition) is 2. The Bertz CT molecular complexity index is 490. The predicted octanol–water partition coefficient (Wildman–Crippen LogP) is 0.623. The largest absolute Gasteiger partial charge is 0.507 e. The summed E-state index contributed by atoms with van der Waals surface area (Å²) in [7, 11) is 1.50. The van der Waals surface area contributed by atoms with Crippen molar-refractivity contribution < 1.29 is 24.5 Å². The Balaban J connectivity index is 2.22. The minimum Gasteiger partial charge on any atom is -0.507 e. The molecule has 0 bridgehead atoms. The minimum absolute atomic E-state index is 0.0875. The van der Waals surface area contributed by atoms with E-state index in [0.29, 0.717) is 18.8 Å². The first kappa shape index (κ1) is 14.6. The van der Waals surface area contributed by atoms with Gasteiger partial charge in [0.1, 0.15) is 11.5 Å². The van der Waals surface area contributed by atoms with Gasteiger partial charge in [-0.1, -0.05) is 0 Å². The lowest BCUT2D eigenvalue weighted by Gasteiger charge is -2.36. The molecule has 2 N–H and O–H groups in total. The summed E-state index contributed by atoms with van der Waals surface area (Å²) in [5.41, 5.74) is 0.190. The van der Waals surface area contributed by atoms with Crippen LogP contribution in [-0.2, 0) is 4.74 Å². The fourth-order valence-corrected chi connectivity index (χ4v) is 2.30. The fourth-order valence-electron chi connectivity index (χ4n) is 2.30.